The van der Waals surface area contributed by atoms with Crippen LogP contribution in [-0.4, -0.2) is 27.7 Å². The fraction of sp³-hybridized carbons (Fsp3) is 0.368. The van der Waals surface area contributed by atoms with Crippen molar-refractivity contribution in [1.82, 2.24) is 10.3 Å². The quantitative estimate of drug-likeness (QED) is 0.742. The number of hydrogen-bond acceptors (Lipinski definition) is 4. The first-order valence-corrected chi connectivity index (χ1v) is 8.83. The minimum absolute atomic E-state index is 0.0520. The number of rotatable bonds is 4. The summed E-state index contributed by atoms with van der Waals surface area (Å²) in [4.78, 5) is 16.8. The van der Waals surface area contributed by atoms with Crippen molar-refractivity contribution in [2.24, 2.45) is 0 Å². The molecule has 0 saturated carbocycles. The summed E-state index contributed by atoms with van der Waals surface area (Å²) in [6, 6.07) is 5.91. The third kappa shape index (κ3) is 3.42. The largest absolute Gasteiger partial charge is 0.393 e. The van der Waals surface area contributed by atoms with E-state index in [-0.39, 0.29) is 29.1 Å². The van der Waals surface area contributed by atoms with E-state index in [0.717, 1.165) is 6.07 Å². The Bertz CT molecular complexity index is 882. The number of nitrogens with zero attached hydrogens (tertiary/aromatic N) is 1. The molecule has 27 heavy (non-hydrogen) atoms. The predicted molar refractivity (Wildman–Crippen MR) is 95.2 cm³/mol. The van der Waals surface area contributed by atoms with E-state index < -0.39 is 35.6 Å². The molecule has 1 aliphatic carbocycles. The normalized spacial score (nSPS) is 25.6. The molecule has 1 aliphatic rings. The van der Waals surface area contributed by atoms with Crippen LogP contribution in [0.5, 0.6) is 0 Å². The first kappa shape index (κ1) is 19.7. The van der Waals surface area contributed by atoms with Gasteiger partial charge in [0, 0.05) is 16.8 Å². The lowest BCUT2D eigenvalue weighted by Gasteiger charge is -2.39. The molecule has 2 aromatic rings. The molecule has 144 valence electrons. The Morgan fingerprint density at radius 2 is 2.15 bits per heavy atom. The van der Waals surface area contributed by atoms with Gasteiger partial charge in [-0.2, -0.15) is 0 Å². The third-order valence-corrected chi connectivity index (χ3v) is 5.28. The third-order valence-electron chi connectivity index (χ3n) is 4.96. The molecule has 0 aliphatic heterocycles. The van der Waals surface area contributed by atoms with Crippen LogP contribution < -0.4 is 5.32 Å². The fourth-order valence-corrected chi connectivity index (χ4v) is 3.69. The molecular weight excluding hydrogens is 378 g/mol. The maximum Gasteiger partial charge on any atom is 0.262 e. The molecule has 0 saturated heterocycles. The summed E-state index contributed by atoms with van der Waals surface area (Å²) in [6.45, 7) is 0.980. The SMILES string of the molecule is CC(NC(=O)[C@]1(F)CC[C@@](O)(CO)c2ncccc21)c1ccc(F)cc1Cl. The highest BCUT2D eigenvalue weighted by Crippen LogP contribution is 2.45. The molecule has 3 rings (SSSR count). The lowest BCUT2D eigenvalue weighted by molar-refractivity contribution is -0.138. The van der Waals surface area contributed by atoms with Crippen LogP contribution in [0, 0.1) is 5.82 Å². The number of pyridine rings is 1. The van der Waals surface area contributed by atoms with Crippen molar-refractivity contribution in [2.45, 2.75) is 37.1 Å². The zero-order valence-corrected chi connectivity index (χ0v) is 15.3. The molecule has 1 amide bonds. The Hall–Kier alpha value is -2.09. The van der Waals surface area contributed by atoms with Crippen LogP contribution in [0.4, 0.5) is 8.78 Å². The molecule has 1 heterocycles. The smallest absolute Gasteiger partial charge is 0.262 e. The molecule has 1 aromatic heterocycles. The van der Waals surface area contributed by atoms with Gasteiger partial charge in [0.15, 0.2) is 0 Å². The standard InChI is InChI=1S/C19H19ClF2N2O3/c1-11(13-5-4-12(21)9-15(13)20)24-17(26)19(22)7-6-18(27,10-25)16-14(19)3-2-8-23-16/h2-5,8-9,11,25,27H,6-7,10H2,1H3,(H,24,26)/t11?,18-,19+/m1/s1. The van der Waals surface area contributed by atoms with Crippen molar-refractivity contribution in [3.63, 3.8) is 0 Å². The van der Waals surface area contributed by atoms with E-state index in [2.05, 4.69) is 10.3 Å². The van der Waals surface area contributed by atoms with Gasteiger partial charge in [0.2, 0.25) is 5.67 Å². The number of amides is 1. The highest BCUT2D eigenvalue weighted by molar-refractivity contribution is 6.31. The van der Waals surface area contributed by atoms with Crippen LogP contribution in [0.25, 0.3) is 0 Å². The highest BCUT2D eigenvalue weighted by atomic mass is 35.5. The summed E-state index contributed by atoms with van der Waals surface area (Å²) in [5.74, 6) is -1.43. The monoisotopic (exact) mass is 396 g/mol. The molecule has 3 atom stereocenters. The summed E-state index contributed by atoms with van der Waals surface area (Å²) < 4.78 is 29.0. The van der Waals surface area contributed by atoms with Crippen molar-refractivity contribution >= 4 is 17.5 Å². The van der Waals surface area contributed by atoms with Crippen LogP contribution in [-0.2, 0) is 16.1 Å². The Morgan fingerprint density at radius 3 is 2.81 bits per heavy atom. The average molecular weight is 397 g/mol. The van der Waals surface area contributed by atoms with Gasteiger partial charge in [0.25, 0.3) is 5.91 Å². The van der Waals surface area contributed by atoms with Gasteiger partial charge in [0.1, 0.15) is 11.4 Å². The molecule has 0 spiro atoms. The summed E-state index contributed by atoms with van der Waals surface area (Å²) in [5, 5.41) is 22.7. The molecule has 0 fully saturated rings. The molecule has 8 heteroatoms. The number of benzene rings is 1. The van der Waals surface area contributed by atoms with E-state index in [1.807, 2.05) is 0 Å². The van der Waals surface area contributed by atoms with Gasteiger partial charge >= 0.3 is 0 Å². The molecule has 0 bridgehead atoms. The van der Waals surface area contributed by atoms with Crippen molar-refractivity contribution < 1.29 is 23.8 Å². The second-order valence-electron chi connectivity index (χ2n) is 6.75. The molecule has 0 radical (unpaired) electrons. The van der Waals surface area contributed by atoms with Crippen LogP contribution in [0.3, 0.4) is 0 Å². The van der Waals surface area contributed by atoms with Crippen molar-refractivity contribution in [2.75, 3.05) is 6.61 Å². The van der Waals surface area contributed by atoms with Crippen molar-refractivity contribution in [1.29, 1.82) is 0 Å². The van der Waals surface area contributed by atoms with Crippen LogP contribution in [0.2, 0.25) is 5.02 Å². The van der Waals surface area contributed by atoms with Crippen molar-refractivity contribution in [3.8, 4) is 0 Å². The zero-order valence-electron chi connectivity index (χ0n) is 14.5. The number of aliphatic hydroxyl groups excluding tert-OH is 1. The number of hydrogen-bond donors (Lipinski definition) is 3. The van der Waals surface area contributed by atoms with Gasteiger partial charge in [-0.3, -0.25) is 9.78 Å². The van der Waals surface area contributed by atoms with E-state index in [1.165, 1.54) is 30.5 Å². The molecule has 3 N–H and O–H groups in total. The Labute approximate surface area is 160 Å². The minimum atomic E-state index is -2.42. The maximum atomic E-state index is 15.7. The van der Waals surface area contributed by atoms with E-state index in [0.29, 0.717) is 5.56 Å². The van der Waals surface area contributed by atoms with E-state index >= 15 is 4.39 Å². The molecular formula is C19H19ClF2N2O3. The minimum Gasteiger partial charge on any atom is -0.393 e. The molecule has 5 nitrogen and oxygen atoms in total. The van der Waals surface area contributed by atoms with Gasteiger partial charge in [-0.25, -0.2) is 8.78 Å². The molecule has 1 unspecified atom stereocenters. The topological polar surface area (TPSA) is 82.5 Å². The Balaban J connectivity index is 1.91. The lowest BCUT2D eigenvalue weighted by atomic mass is 9.74. The lowest BCUT2D eigenvalue weighted by Crippen LogP contribution is -2.49. The number of aromatic nitrogens is 1. The van der Waals surface area contributed by atoms with Crippen molar-refractivity contribution in [3.05, 3.63) is 64.2 Å². The Morgan fingerprint density at radius 1 is 1.41 bits per heavy atom. The van der Waals surface area contributed by atoms with Gasteiger partial charge in [0.05, 0.1) is 18.3 Å². The number of aliphatic hydroxyl groups is 2. The van der Waals surface area contributed by atoms with Gasteiger partial charge in [-0.1, -0.05) is 23.7 Å². The summed E-state index contributed by atoms with van der Waals surface area (Å²) in [7, 11) is 0. The highest BCUT2D eigenvalue weighted by Gasteiger charge is 2.52. The number of carbonyl (C=O) groups is 1. The van der Waals surface area contributed by atoms with Gasteiger partial charge < -0.3 is 15.5 Å². The first-order chi connectivity index (χ1) is 12.7. The Kier molecular flexibility index (Phi) is 5.20. The van der Waals surface area contributed by atoms with Gasteiger partial charge in [-0.15, -0.1) is 0 Å². The number of fused-ring (bicyclic) bond motifs is 1. The van der Waals surface area contributed by atoms with E-state index in [4.69, 9.17) is 11.6 Å². The average Bonchev–Trinajstić information content (AvgIpc) is 2.65. The fourth-order valence-electron chi connectivity index (χ4n) is 3.36. The second kappa shape index (κ2) is 7.14. The van der Waals surface area contributed by atoms with Gasteiger partial charge in [-0.05, 0) is 43.5 Å². The number of nitrogens with one attached hydrogen (secondary N) is 1. The van der Waals surface area contributed by atoms with Crippen LogP contribution in [0.15, 0.2) is 36.5 Å². The molecule has 1 aromatic carbocycles. The number of carbonyl (C=O) groups excluding carboxylic acids is 1. The zero-order chi connectivity index (χ0) is 19.8. The first-order valence-electron chi connectivity index (χ1n) is 8.45. The van der Waals surface area contributed by atoms with Crippen LogP contribution in [0.1, 0.15) is 42.6 Å². The maximum absolute atomic E-state index is 15.7. The van der Waals surface area contributed by atoms with Crippen LogP contribution >= 0.6 is 11.6 Å². The predicted octanol–water partition coefficient (Wildman–Crippen LogP) is 2.89. The van der Waals surface area contributed by atoms with E-state index in [9.17, 15) is 19.4 Å². The summed E-state index contributed by atoms with van der Waals surface area (Å²) in [6.07, 6.45) is 0.881. The summed E-state index contributed by atoms with van der Waals surface area (Å²) in [5.41, 5.74) is -3.81. The number of halogens is 3. The second-order valence-corrected chi connectivity index (χ2v) is 7.16. The summed E-state index contributed by atoms with van der Waals surface area (Å²) >= 11 is 6.01. The number of alkyl halides is 1. The van der Waals surface area contributed by atoms with E-state index in [1.54, 1.807) is 6.92 Å².